The summed E-state index contributed by atoms with van der Waals surface area (Å²) in [5.74, 6) is -0.965. The van der Waals surface area contributed by atoms with Crippen molar-refractivity contribution in [2.75, 3.05) is 0 Å². The van der Waals surface area contributed by atoms with Crippen molar-refractivity contribution in [2.24, 2.45) is 0 Å². The molecule has 1 aromatic rings. The van der Waals surface area contributed by atoms with Crippen LogP contribution in [0.2, 0.25) is 0 Å². The molecule has 0 saturated carbocycles. The van der Waals surface area contributed by atoms with E-state index in [4.69, 9.17) is 5.11 Å². The molecule has 0 radical (unpaired) electrons. The van der Waals surface area contributed by atoms with Crippen LogP contribution in [-0.2, 0) is 0 Å². The van der Waals surface area contributed by atoms with Gasteiger partial charge in [0.1, 0.15) is 5.01 Å². The van der Waals surface area contributed by atoms with E-state index in [1.54, 1.807) is 5.38 Å². The number of hydrogen-bond acceptors (Lipinski definition) is 4. The molecule has 0 bridgehead atoms. The Morgan fingerprint density at radius 3 is 2.80 bits per heavy atom. The lowest BCUT2D eigenvalue weighted by atomic mass is 10.2. The van der Waals surface area contributed by atoms with E-state index in [2.05, 4.69) is 24.1 Å². The summed E-state index contributed by atoms with van der Waals surface area (Å²) in [6.07, 6.45) is 1.04. The van der Waals surface area contributed by atoms with Gasteiger partial charge in [-0.15, -0.1) is 11.3 Å². The molecule has 1 heterocycles. The van der Waals surface area contributed by atoms with Gasteiger partial charge in [0.2, 0.25) is 0 Å². The molecule has 0 fully saturated rings. The smallest absolute Gasteiger partial charge is 0.355 e. The van der Waals surface area contributed by atoms with Crippen molar-refractivity contribution in [3.63, 3.8) is 0 Å². The van der Waals surface area contributed by atoms with Gasteiger partial charge in [0.25, 0.3) is 0 Å². The minimum Gasteiger partial charge on any atom is -0.476 e. The molecule has 4 nitrogen and oxygen atoms in total. The summed E-state index contributed by atoms with van der Waals surface area (Å²) in [4.78, 5) is 14.7. The van der Waals surface area contributed by atoms with E-state index < -0.39 is 5.97 Å². The summed E-state index contributed by atoms with van der Waals surface area (Å²) in [7, 11) is 0. The first kappa shape index (κ1) is 12.1. The average Bonchev–Trinajstić information content (AvgIpc) is 2.66. The van der Waals surface area contributed by atoms with E-state index in [-0.39, 0.29) is 11.7 Å². The second kappa shape index (κ2) is 5.23. The number of nitrogens with zero attached hydrogens (tertiary/aromatic N) is 1. The second-order valence-electron chi connectivity index (χ2n) is 3.57. The number of rotatable bonds is 5. The van der Waals surface area contributed by atoms with Gasteiger partial charge in [0, 0.05) is 11.4 Å². The van der Waals surface area contributed by atoms with Gasteiger partial charge in [-0.05, 0) is 20.3 Å². The van der Waals surface area contributed by atoms with Crippen LogP contribution in [0.15, 0.2) is 5.38 Å². The third-order valence-electron chi connectivity index (χ3n) is 2.26. The van der Waals surface area contributed by atoms with Crippen LogP contribution >= 0.6 is 11.3 Å². The van der Waals surface area contributed by atoms with Crippen LogP contribution < -0.4 is 5.32 Å². The predicted molar refractivity (Wildman–Crippen MR) is 60.4 cm³/mol. The van der Waals surface area contributed by atoms with Crippen molar-refractivity contribution in [3.05, 3.63) is 16.1 Å². The number of carboxylic acids is 1. The first-order valence-corrected chi connectivity index (χ1v) is 5.87. The van der Waals surface area contributed by atoms with Crippen LogP contribution in [0.5, 0.6) is 0 Å². The largest absolute Gasteiger partial charge is 0.476 e. The van der Waals surface area contributed by atoms with E-state index >= 15 is 0 Å². The molecule has 84 valence electrons. The second-order valence-corrected chi connectivity index (χ2v) is 4.46. The predicted octanol–water partition coefficient (Wildman–Crippen LogP) is 2.29. The minimum absolute atomic E-state index is 0.109. The molecule has 2 unspecified atom stereocenters. The molecular weight excluding hydrogens is 212 g/mol. The Labute approximate surface area is 93.4 Å². The Kier molecular flexibility index (Phi) is 4.23. The zero-order valence-electron chi connectivity index (χ0n) is 9.15. The highest BCUT2D eigenvalue weighted by molar-refractivity contribution is 7.09. The van der Waals surface area contributed by atoms with Gasteiger partial charge in [0.05, 0.1) is 6.04 Å². The fourth-order valence-corrected chi connectivity index (χ4v) is 2.01. The topological polar surface area (TPSA) is 62.2 Å². The number of aromatic nitrogens is 1. The van der Waals surface area contributed by atoms with Gasteiger partial charge in [-0.1, -0.05) is 6.92 Å². The lowest BCUT2D eigenvalue weighted by molar-refractivity contribution is 0.0691. The van der Waals surface area contributed by atoms with Crippen molar-refractivity contribution >= 4 is 17.3 Å². The Bertz CT molecular complexity index is 338. The fraction of sp³-hybridized carbons (Fsp3) is 0.600. The average molecular weight is 228 g/mol. The zero-order valence-corrected chi connectivity index (χ0v) is 9.97. The molecule has 0 aliphatic carbocycles. The van der Waals surface area contributed by atoms with E-state index in [0.717, 1.165) is 11.4 Å². The van der Waals surface area contributed by atoms with Crippen molar-refractivity contribution in [3.8, 4) is 0 Å². The van der Waals surface area contributed by atoms with Crippen molar-refractivity contribution in [2.45, 2.75) is 39.3 Å². The SMILES string of the molecule is CCC(C)NC(C)c1nc(C(=O)O)cs1. The molecule has 0 saturated heterocycles. The Morgan fingerprint density at radius 1 is 1.67 bits per heavy atom. The van der Waals surface area contributed by atoms with Crippen LogP contribution in [-0.4, -0.2) is 22.1 Å². The number of hydrogen-bond donors (Lipinski definition) is 2. The van der Waals surface area contributed by atoms with Crippen LogP contribution in [0.1, 0.15) is 48.7 Å². The number of carbonyl (C=O) groups is 1. The minimum atomic E-state index is -0.965. The number of carboxylic acid groups (broad SMARTS) is 1. The quantitative estimate of drug-likeness (QED) is 0.811. The number of aromatic carboxylic acids is 1. The molecule has 15 heavy (non-hydrogen) atoms. The number of nitrogens with one attached hydrogen (secondary N) is 1. The summed E-state index contributed by atoms with van der Waals surface area (Å²) >= 11 is 1.38. The molecule has 5 heteroatoms. The van der Waals surface area contributed by atoms with E-state index in [9.17, 15) is 4.79 Å². The van der Waals surface area contributed by atoms with Gasteiger partial charge in [-0.25, -0.2) is 9.78 Å². The Hall–Kier alpha value is -0.940. The van der Waals surface area contributed by atoms with E-state index in [0.29, 0.717) is 6.04 Å². The summed E-state index contributed by atoms with van der Waals surface area (Å²) in [6.45, 7) is 6.20. The highest BCUT2D eigenvalue weighted by Gasteiger charge is 2.14. The Balaban J connectivity index is 2.65. The van der Waals surface area contributed by atoms with Gasteiger partial charge in [-0.3, -0.25) is 0 Å². The van der Waals surface area contributed by atoms with Gasteiger partial charge in [0.15, 0.2) is 5.69 Å². The maximum absolute atomic E-state index is 10.6. The van der Waals surface area contributed by atoms with E-state index in [1.165, 1.54) is 11.3 Å². The van der Waals surface area contributed by atoms with Gasteiger partial charge < -0.3 is 10.4 Å². The first-order valence-electron chi connectivity index (χ1n) is 4.99. The molecule has 0 aromatic carbocycles. The van der Waals surface area contributed by atoms with Gasteiger partial charge >= 0.3 is 5.97 Å². The third-order valence-corrected chi connectivity index (χ3v) is 3.29. The van der Waals surface area contributed by atoms with E-state index in [1.807, 2.05) is 6.92 Å². The highest BCUT2D eigenvalue weighted by Crippen LogP contribution is 2.18. The molecule has 0 aliphatic rings. The van der Waals surface area contributed by atoms with Crippen LogP contribution in [0.3, 0.4) is 0 Å². The maximum atomic E-state index is 10.6. The van der Waals surface area contributed by atoms with Crippen LogP contribution in [0.4, 0.5) is 0 Å². The number of thiazole rings is 1. The molecular formula is C10H16N2O2S. The summed E-state index contributed by atoms with van der Waals surface area (Å²) in [6, 6.07) is 0.523. The molecule has 2 N–H and O–H groups in total. The summed E-state index contributed by atoms with van der Waals surface area (Å²) in [5, 5.41) is 14.5. The molecule has 0 aliphatic heterocycles. The van der Waals surface area contributed by atoms with Crippen molar-refractivity contribution < 1.29 is 9.90 Å². The van der Waals surface area contributed by atoms with Gasteiger partial charge in [-0.2, -0.15) is 0 Å². The van der Waals surface area contributed by atoms with Crippen LogP contribution in [0.25, 0.3) is 0 Å². The lowest BCUT2D eigenvalue weighted by Crippen LogP contribution is -2.28. The van der Waals surface area contributed by atoms with Crippen LogP contribution in [0, 0.1) is 0 Å². The normalized spacial score (nSPS) is 14.9. The standard InChI is InChI=1S/C10H16N2O2S/c1-4-6(2)11-7(3)9-12-8(5-15-9)10(13)14/h5-7,11H,4H2,1-3H3,(H,13,14). The molecule has 0 spiro atoms. The molecule has 1 rings (SSSR count). The van der Waals surface area contributed by atoms with Crippen molar-refractivity contribution in [1.29, 1.82) is 0 Å². The summed E-state index contributed by atoms with van der Waals surface area (Å²) < 4.78 is 0. The maximum Gasteiger partial charge on any atom is 0.355 e. The monoisotopic (exact) mass is 228 g/mol. The molecule has 0 amide bonds. The Morgan fingerprint density at radius 2 is 2.33 bits per heavy atom. The highest BCUT2D eigenvalue weighted by atomic mass is 32.1. The lowest BCUT2D eigenvalue weighted by Gasteiger charge is -2.16. The summed E-state index contributed by atoms with van der Waals surface area (Å²) in [5.41, 5.74) is 0.132. The fourth-order valence-electron chi connectivity index (χ4n) is 1.20. The third kappa shape index (κ3) is 3.28. The van der Waals surface area contributed by atoms with Crippen molar-refractivity contribution in [1.82, 2.24) is 10.3 Å². The molecule has 2 atom stereocenters. The first-order chi connectivity index (χ1) is 7.04. The zero-order chi connectivity index (χ0) is 11.4. The molecule has 1 aromatic heterocycles.